The monoisotopic (exact) mass is 806 g/mol. The van der Waals surface area contributed by atoms with Gasteiger partial charge in [0.25, 0.3) is 5.91 Å². The van der Waals surface area contributed by atoms with Crippen molar-refractivity contribution in [3.8, 4) is 0 Å². The molecular formula is C39H46F4N4O10. The maximum atomic E-state index is 13.8. The first-order chi connectivity index (χ1) is 27.2. The van der Waals surface area contributed by atoms with E-state index in [-0.39, 0.29) is 68.6 Å². The van der Waals surface area contributed by atoms with Crippen molar-refractivity contribution < 1.29 is 65.3 Å². The SMILES string of the molecule is C[C@H](N(Cc1ccc(F)cc1)C(=O)CN1C(=O)OC2(CCc3cc(NC(=O)CCC(=O)NCCOCCOCCOCC(=O)C4CCC4)ccc32)C1=O)C(F)(F)F. The van der Waals surface area contributed by atoms with Crippen LogP contribution in [-0.2, 0) is 61.5 Å². The van der Waals surface area contributed by atoms with Crippen molar-refractivity contribution in [3.63, 3.8) is 0 Å². The van der Waals surface area contributed by atoms with Crippen molar-refractivity contribution in [1.82, 2.24) is 15.1 Å². The molecule has 2 aromatic carbocycles. The Balaban J connectivity index is 1.02. The number of imide groups is 1. The Morgan fingerprint density at radius 1 is 0.947 bits per heavy atom. The van der Waals surface area contributed by atoms with Crippen LogP contribution in [0.3, 0.4) is 0 Å². The van der Waals surface area contributed by atoms with Gasteiger partial charge in [-0.25, -0.2) is 14.1 Å². The minimum Gasteiger partial charge on any atom is -0.427 e. The predicted molar refractivity (Wildman–Crippen MR) is 193 cm³/mol. The van der Waals surface area contributed by atoms with Gasteiger partial charge in [-0.1, -0.05) is 24.6 Å². The molecule has 2 aliphatic carbocycles. The van der Waals surface area contributed by atoms with E-state index in [1.54, 1.807) is 6.07 Å². The zero-order valence-corrected chi connectivity index (χ0v) is 31.5. The van der Waals surface area contributed by atoms with E-state index in [4.69, 9.17) is 18.9 Å². The van der Waals surface area contributed by atoms with Gasteiger partial charge in [0.1, 0.15) is 25.0 Å². The van der Waals surface area contributed by atoms with Gasteiger partial charge in [0.15, 0.2) is 5.78 Å². The standard InChI is InChI=1S/C39H46F4N4O10/c1-25(39(41,42)43)46(22-26-5-7-29(40)8-6-26)35(51)23-47-36(52)38(57-37(47)53)14-13-28-21-30(9-10-31(28)38)45-34(50)12-11-33(49)44-15-16-54-17-18-55-19-20-56-24-32(48)27-3-2-4-27/h5-10,21,25,27H,2-4,11-20,22-24H2,1H3,(H,44,49)(H,45,50)/t25-,38?/m0/s1. The van der Waals surface area contributed by atoms with Crippen molar-refractivity contribution in [2.75, 3.05) is 58.0 Å². The molecule has 1 saturated heterocycles. The third-order valence-corrected chi connectivity index (χ3v) is 10.2. The smallest absolute Gasteiger partial charge is 0.418 e. The molecule has 1 aliphatic heterocycles. The molecule has 1 spiro atoms. The van der Waals surface area contributed by atoms with Crippen LogP contribution in [0.2, 0.25) is 0 Å². The van der Waals surface area contributed by atoms with Crippen LogP contribution in [0.5, 0.6) is 0 Å². The Hall–Kier alpha value is -4.94. The van der Waals surface area contributed by atoms with Crippen molar-refractivity contribution >= 4 is 41.2 Å². The first-order valence-electron chi connectivity index (χ1n) is 18.8. The number of hydrogen-bond donors (Lipinski definition) is 2. The number of ketones is 1. The van der Waals surface area contributed by atoms with Crippen LogP contribution >= 0.6 is 0 Å². The highest BCUT2D eigenvalue weighted by Crippen LogP contribution is 2.46. The molecule has 310 valence electrons. The molecule has 2 N–H and O–H groups in total. The van der Waals surface area contributed by atoms with E-state index in [0.29, 0.717) is 53.0 Å². The van der Waals surface area contributed by atoms with Crippen molar-refractivity contribution in [2.45, 2.75) is 76.2 Å². The number of Topliss-reactive ketones (excluding diaryl/α,β-unsaturated/α-hetero) is 1. The molecule has 57 heavy (non-hydrogen) atoms. The van der Waals surface area contributed by atoms with Crippen LogP contribution in [0.15, 0.2) is 42.5 Å². The molecule has 2 aromatic rings. The highest BCUT2D eigenvalue weighted by atomic mass is 19.4. The lowest BCUT2D eigenvalue weighted by Gasteiger charge is -2.31. The molecule has 3 aliphatic rings. The fraction of sp³-hybridized carbons (Fsp3) is 0.538. The molecule has 5 amide bonds. The van der Waals surface area contributed by atoms with Crippen LogP contribution in [-0.4, -0.2) is 110 Å². The van der Waals surface area contributed by atoms with Crippen molar-refractivity contribution in [2.24, 2.45) is 5.92 Å². The largest absolute Gasteiger partial charge is 0.427 e. The van der Waals surface area contributed by atoms with Crippen molar-refractivity contribution in [1.29, 1.82) is 0 Å². The third-order valence-electron chi connectivity index (χ3n) is 10.2. The van der Waals surface area contributed by atoms with E-state index in [1.165, 1.54) is 24.3 Å². The molecule has 14 nitrogen and oxygen atoms in total. The summed E-state index contributed by atoms with van der Waals surface area (Å²) in [5.74, 6) is -3.20. The second-order valence-electron chi connectivity index (χ2n) is 14.1. The van der Waals surface area contributed by atoms with E-state index >= 15 is 0 Å². The maximum absolute atomic E-state index is 13.8. The maximum Gasteiger partial charge on any atom is 0.418 e. The van der Waals surface area contributed by atoms with Crippen LogP contribution in [0, 0.1) is 11.7 Å². The number of halogens is 4. The fourth-order valence-electron chi connectivity index (χ4n) is 6.62. The summed E-state index contributed by atoms with van der Waals surface area (Å²) < 4.78 is 76.3. The average molecular weight is 807 g/mol. The number of carbonyl (C=O) groups is 6. The number of hydrogen-bond acceptors (Lipinski definition) is 10. The molecular weight excluding hydrogens is 760 g/mol. The molecule has 18 heteroatoms. The summed E-state index contributed by atoms with van der Waals surface area (Å²) in [6.07, 6.45) is -3.00. The van der Waals surface area contributed by atoms with E-state index in [0.717, 1.165) is 38.3 Å². The molecule has 0 bridgehead atoms. The summed E-state index contributed by atoms with van der Waals surface area (Å²) in [7, 11) is 0. The normalized spacial score (nSPS) is 18.2. The van der Waals surface area contributed by atoms with Crippen LogP contribution in [0.1, 0.15) is 62.1 Å². The number of anilines is 1. The summed E-state index contributed by atoms with van der Waals surface area (Å²) in [5, 5.41) is 5.36. The van der Waals surface area contributed by atoms with Gasteiger partial charge in [0.05, 0.1) is 33.0 Å². The number of aryl methyl sites for hydroxylation is 1. The summed E-state index contributed by atoms with van der Waals surface area (Å²) in [5.41, 5.74) is -0.348. The summed E-state index contributed by atoms with van der Waals surface area (Å²) in [6.45, 7) is 1.07. The number of amides is 5. The lowest BCUT2D eigenvalue weighted by Crippen LogP contribution is -2.51. The molecule has 1 saturated carbocycles. The topological polar surface area (TPSA) is 170 Å². The fourth-order valence-corrected chi connectivity index (χ4v) is 6.62. The number of fused-ring (bicyclic) bond motifs is 2. The van der Waals surface area contributed by atoms with Crippen LogP contribution in [0.4, 0.5) is 28.0 Å². The lowest BCUT2D eigenvalue weighted by molar-refractivity contribution is -0.187. The molecule has 1 unspecified atom stereocenters. The minimum atomic E-state index is -4.83. The predicted octanol–water partition coefficient (Wildman–Crippen LogP) is 4.18. The number of nitrogens with zero attached hydrogens (tertiary/aromatic N) is 2. The van der Waals surface area contributed by atoms with Crippen LogP contribution in [0.25, 0.3) is 0 Å². The Kier molecular flexibility index (Phi) is 14.8. The Morgan fingerprint density at radius 3 is 2.28 bits per heavy atom. The van der Waals surface area contributed by atoms with Gasteiger partial charge in [0, 0.05) is 49.5 Å². The molecule has 2 atom stereocenters. The highest BCUT2D eigenvalue weighted by Gasteiger charge is 2.58. The van der Waals surface area contributed by atoms with Crippen LogP contribution < -0.4 is 10.6 Å². The summed E-state index contributed by atoms with van der Waals surface area (Å²) >= 11 is 0. The number of nitrogens with one attached hydrogen (secondary N) is 2. The van der Waals surface area contributed by atoms with E-state index in [2.05, 4.69) is 10.6 Å². The van der Waals surface area contributed by atoms with E-state index in [1.807, 2.05) is 0 Å². The zero-order chi connectivity index (χ0) is 41.2. The number of alkyl halides is 3. The number of rotatable bonds is 21. The first kappa shape index (κ1) is 43.2. The van der Waals surface area contributed by atoms with Gasteiger partial charge in [-0.15, -0.1) is 0 Å². The van der Waals surface area contributed by atoms with Gasteiger partial charge in [-0.05, 0) is 61.6 Å². The van der Waals surface area contributed by atoms with Gasteiger partial charge in [-0.3, -0.25) is 24.0 Å². The van der Waals surface area contributed by atoms with Gasteiger partial charge in [-0.2, -0.15) is 13.2 Å². The molecule has 1 heterocycles. The van der Waals surface area contributed by atoms with Gasteiger partial charge in [0.2, 0.25) is 23.3 Å². The van der Waals surface area contributed by atoms with Gasteiger partial charge < -0.3 is 34.5 Å². The van der Waals surface area contributed by atoms with E-state index in [9.17, 15) is 46.3 Å². The molecule has 5 rings (SSSR count). The molecule has 0 radical (unpaired) electrons. The number of ether oxygens (including phenoxy) is 4. The second-order valence-corrected chi connectivity index (χ2v) is 14.1. The summed E-state index contributed by atoms with van der Waals surface area (Å²) in [4.78, 5) is 77.5. The lowest BCUT2D eigenvalue weighted by atomic mass is 9.82. The Bertz CT molecular complexity index is 1790. The third kappa shape index (κ3) is 11.3. The molecule has 2 fully saturated rings. The number of benzene rings is 2. The van der Waals surface area contributed by atoms with E-state index < -0.39 is 60.5 Å². The molecule has 0 aromatic heterocycles. The second kappa shape index (κ2) is 19.5. The Labute approximate surface area is 326 Å². The van der Waals surface area contributed by atoms with Crippen molar-refractivity contribution in [3.05, 3.63) is 65.0 Å². The average Bonchev–Trinajstić information content (AvgIpc) is 3.62. The van der Waals surface area contributed by atoms with Gasteiger partial charge >= 0.3 is 12.3 Å². The highest BCUT2D eigenvalue weighted by molar-refractivity contribution is 6.06. The number of carbonyl (C=O) groups excluding carboxylic acids is 6. The zero-order valence-electron chi connectivity index (χ0n) is 31.5. The Morgan fingerprint density at radius 2 is 1.61 bits per heavy atom. The summed E-state index contributed by atoms with van der Waals surface area (Å²) in [6, 6.07) is 6.82. The first-order valence-corrected chi connectivity index (χ1v) is 18.8. The quantitative estimate of drug-likeness (QED) is 0.138. The minimum absolute atomic E-state index is 0.00258.